The number of aromatic hydroxyl groups is 1. The van der Waals surface area contributed by atoms with Gasteiger partial charge in [-0.25, -0.2) is 0 Å². The van der Waals surface area contributed by atoms with E-state index in [-0.39, 0.29) is 11.7 Å². The number of hydrogen-bond donors (Lipinski definition) is 2. The number of phenols is 1. The first-order chi connectivity index (χ1) is 9.65. The Morgan fingerprint density at radius 3 is 2.65 bits per heavy atom. The number of nitrogens with one attached hydrogen (secondary N) is 1. The number of nitrogens with zero attached hydrogens (tertiary/aromatic N) is 2. The van der Waals surface area contributed by atoms with Gasteiger partial charge in [-0.3, -0.25) is 4.79 Å². The summed E-state index contributed by atoms with van der Waals surface area (Å²) in [5, 5.41) is 20.7. The smallest absolute Gasteiger partial charge is 0.236 e. The number of methoxy groups -OCH3 is 2. The maximum absolute atomic E-state index is 11.0. The van der Waals surface area contributed by atoms with E-state index < -0.39 is 0 Å². The highest BCUT2D eigenvalue weighted by molar-refractivity contribution is 8.15. The zero-order chi connectivity index (χ0) is 14.5. The molecule has 20 heavy (non-hydrogen) atoms. The number of amidine groups is 1. The van der Waals surface area contributed by atoms with E-state index in [0.717, 1.165) is 0 Å². The second-order valence-electron chi connectivity index (χ2n) is 3.72. The lowest BCUT2D eigenvalue weighted by molar-refractivity contribution is -0.116. The van der Waals surface area contributed by atoms with Crippen molar-refractivity contribution in [1.29, 1.82) is 0 Å². The number of hydrogen-bond acceptors (Lipinski definition) is 7. The molecule has 0 bridgehead atoms. The van der Waals surface area contributed by atoms with Gasteiger partial charge in [0.1, 0.15) is 5.75 Å². The Morgan fingerprint density at radius 2 is 2.05 bits per heavy atom. The molecule has 0 unspecified atom stereocenters. The van der Waals surface area contributed by atoms with Crippen LogP contribution in [0.4, 0.5) is 0 Å². The zero-order valence-corrected chi connectivity index (χ0v) is 11.7. The van der Waals surface area contributed by atoms with Gasteiger partial charge in [0.05, 0.1) is 31.8 Å². The predicted molar refractivity (Wildman–Crippen MR) is 76.8 cm³/mol. The van der Waals surface area contributed by atoms with Gasteiger partial charge in [0.15, 0.2) is 16.7 Å². The molecule has 0 radical (unpaired) electrons. The number of carbonyl (C=O) groups excluding carboxylic acids is 1. The standard InChI is InChI=1S/C12H13N3O4S/c1-18-8-3-4-9(19-2)11(17)7(8)5-13-15-12-14-10(16)6-20-12/h3-5,17H,6H2,1-2H3,(H,14,15,16). The van der Waals surface area contributed by atoms with E-state index in [0.29, 0.717) is 28.0 Å². The first kappa shape index (κ1) is 14.2. The summed E-state index contributed by atoms with van der Waals surface area (Å²) >= 11 is 1.26. The van der Waals surface area contributed by atoms with Gasteiger partial charge in [-0.1, -0.05) is 11.8 Å². The SMILES string of the molecule is COc1ccc(OC)c(C=NN=C2NC(=O)CS2)c1O. The summed E-state index contributed by atoms with van der Waals surface area (Å²) < 4.78 is 10.1. The van der Waals surface area contributed by atoms with Crippen LogP contribution >= 0.6 is 11.8 Å². The summed E-state index contributed by atoms with van der Waals surface area (Å²) in [4.78, 5) is 11.0. The molecule has 1 aliphatic rings. The minimum atomic E-state index is -0.106. The van der Waals surface area contributed by atoms with Crippen molar-refractivity contribution in [3.05, 3.63) is 17.7 Å². The first-order valence-electron chi connectivity index (χ1n) is 5.63. The number of amides is 1. The molecule has 0 aromatic heterocycles. The maximum Gasteiger partial charge on any atom is 0.236 e. The van der Waals surface area contributed by atoms with E-state index in [1.165, 1.54) is 32.2 Å². The Bertz CT molecular complexity index is 586. The molecule has 1 amide bonds. The second-order valence-corrected chi connectivity index (χ2v) is 4.68. The third kappa shape index (κ3) is 3.02. The number of ether oxygens (including phenoxy) is 2. The van der Waals surface area contributed by atoms with E-state index >= 15 is 0 Å². The van der Waals surface area contributed by atoms with Crippen molar-refractivity contribution in [3.63, 3.8) is 0 Å². The fourth-order valence-electron chi connectivity index (χ4n) is 1.56. The Labute approximate surface area is 119 Å². The number of carbonyl (C=O) groups is 1. The summed E-state index contributed by atoms with van der Waals surface area (Å²) in [7, 11) is 2.94. The van der Waals surface area contributed by atoms with Crippen molar-refractivity contribution < 1.29 is 19.4 Å². The Kier molecular flexibility index (Phi) is 4.46. The van der Waals surface area contributed by atoms with Crippen molar-refractivity contribution in [2.75, 3.05) is 20.0 Å². The summed E-state index contributed by atoms with van der Waals surface area (Å²) in [6, 6.07) is 3.24. The van der Waals surface area contributed by atoms with Crippen LogP contribution < -0.4 is 14.8 Å². The molecule has 1 heterocycles. The van der Waals surface area contributed by atoms with Crippen LogP contribution in [0.15, 0.2) is 22.3 Å². The predicted octanol–water partition coefficient (Wildman–Crippen LogP) is 0.962. The van der Waals surface area contributed by atoms with E-state index in [2.05, 4.69) is 15.5 Å². The highest BCUT2D eigenvalue weighted by atomic mass is 32.2. The third-order valence-electron chi connectivity index (χ3n) is 2.50. The molecular weight excluding hydrogens is 282 g/mol. The summed E-state index contributed by atoms with van der Waals surface area (Å²) in [5.41, 5.74) is 0.352. The molecule has 0 aliphatic carbocycles. The number of rotatable bonds is 4. The Hall–Kier alpha value is -2.22. The second kappa shape index (κ2) is 6.29. The maximum atomic E-state index is 11.0. The highest BCUT2D eigenvalue weighted by Crippen LogP contribution is 2.34. The molecule has 2 N–H and O–H groups in total. The number of phenolic OH excluding ortho intramolecular Hbond substituents is 1. The quantitative estimate of drug-likeness (QED) is 0.637. The van der Waals surface area contributed by atoms with Gasteiger partial charge in [0.2, 0.25) is 5.91 Å². The monoisotopic (exact) mass is 295 g/mol. The topological polar surface area (TPSA) is 92.5 Å². The fourth-order valence-corrected chi connectivity index (χ4v) is 2.19. The molecule has 106 valence electrons. The van der Waals surface area contributed by atoms with Crippen molar-refractivity contribution in [2.45, 2.75) is 0 Å². The van der Waals surface area contributed by atoms with Gasteiger partial charge in [-0.05, 0) is 12.1 Å². The van der Waals surface area contributed by atoms with Crippen LogP contribution in [-0.2, 0) is 4.79 Å². The van der Waals surface area contributed by atoms with Crippen molar-refractivity contribution in [2.24, 2.45) is 10.2 Å². The molecule has 1 aromatic rings. The van der Waals surface area contributed by atoms with Crippen LogP contribution in [0.25, 0.3) is 0 Å². The van der Waals surface area contributed by atoms with Gasteiger partial charge >= 0.3 is 0 Å². The summed E-state index contributed by atoms with van der Waals surface area (Å²) in [6.07, 6.45) is 1.34. The highest BCUT2D eigenvalue weighted by Gasteiger charge is 2.16. The molecule has 8 heteroatoms. The average Bonchev–Trinajstić information content (AvgIpc) is 2.86. The molecule has 1 saturated heterocycles. The van der Waals surface area contributed by atoms with Crippen LogP contribution in [0.5, 0.6) is 17.2 Å². The molecule has 0 atom stereocenters. The molecule has 7 nitrogen and oxygen atoms in total. The van der Waals surface area contributed by atoms with Crippen LogP contribution in [0.2, 0.25) is 0 Å². The van der Waals surface area contributed by atoms with Crippen molar-refractivity contribution in [1.82, 2.24) is 5.32 Å². The van der Waals surface area contributed by atoms with Crippen molar-refractivity contribution >= 4 is 29.1 Å². The fraction of sp³-hybridized carbons (Fsp3) is 0.250. The van der Waals surface area contributed by atoms with Gasteiger partial charge in [-0.15, -0.1) is 5.10 Å². The van der Waals surface area contributed by atoms with Gasteiger partial charge in [0.25, 0.3) is 0 Å². The lowest BCUT2D eigenvalue weighted by Gasteiger charge is -2.09. The Morgan fingerprint density at radius 1 is 1.35 bits per heavy atom. The minimum absolute atomic E-state index is 0.0843. The van der Waals surface area contributed by atoms with Crippen LogP contribution in [0, 0.1) is 0 Å². The lowest BCUT2D eigenvalue weighted by atomic mass is 10.2. The average molecular weight is 295 g/mol. The molecule has 1 aliphatic heterocycles. The van der Waals surface area contributed by atoms with E-state index in [9.17, 15) is 9.90 Å². The van der Waals surface area contributed by atoms with E-state index in [1.807, 2.05) is 0 Å². The van der Waals surface area contributed by atoms with Crippen molar-refractivity contribution in [3.8, 4) is 17.2 Å². The number of benzene rings is 1. The minimum Gasteiger partial charge on any atom is -0.504 e. The van der Waals surface area contributed by atoms with Gasteiger partial charge < -0.3 is 19.9 Å². The normalized spacial score (nSPS) is 16.7. The van der Waals surface area contributed by atoms with E-state index in [1.54, 1.807) is 12.1 Å². The molecule has 0 saturated carbocycles. The molecular formula is C12H13N3O4S. The molecule has 2 rings (SSSR count). The first-order valence-corrected chi connectivity index (χ1v) is 6.62. The lowest BCUT2D eigenvalue weighted by Crippen LogP contribution is -2.19. The van der Waals surface area contributed by atoms with Crippen LogP contribution in [0.1, 0.15) is 5.56 Å². The number of thioether (sulfide) groups is 1. The van der Waals surface area contributed by atoms with Crippen LogP contribution in [0.3, 0.4) is 0 Å². The summed E-state index contributed by atoms with van der Waals surface area (Å²) in [5.74, 6) is 0.894. The van der Waals surface area contributed by atoms with E-state index in [4.69, 9.17) is 9.47 Å². The largest absolute Gasteiger partial charge is 0.504 e. The van der Waals surface area contributed by atoms with Crippen LogP contribution in [-0.4, -0.2) is 42.4 Å². The Balaban J connectivity index is 2.25. The molecule has 0 spiro atoms. The van der Waals surface area contributed by atoms with Gasteiger partial charge in [0, 0.05) is 0 Å². The third-order valence-corrected chi connectivity index (χ3v) is 3.37. The molecule has 1 aromatic carbocycles. The zero-order valence-electron chi connectivity index (χ0n) is 10.9. The summed E-state index contributed by atoms with van der Waals surface area (Å²) in [6.45, 7) is 0. The molecule has 1 fully saturated rings. The van der Waals surface area contributed by atoms with Gasteiger partial charge in [-0.2, -0.15) is 5.10 Å².